The average molecular weight is 611 g/mol. The maximum absolute atomic E-state index is 14.1. The molecule has 1 saturated heterocycles. The number of nitrogens with one attached hydrogen (secondary N) is 1. The Balaban J connectivity index is 1.53. The van der Waals surface area contributed by atoms with E-state index in [1.54, 1.807) is 4.90 Å². The van der Waals surface area contributed by atoms with E-state index in [9.17, 15) is 14.4 Å². The van der Waals surface area contributed by atoms with Crippen LogP contribution < -0.4 is 5.32 Å². The van der Waals surface area contributed by atoms with Crippen molar-refractivity contribution in [3.05, 3.63) is 47.7 Å². The highest BCUT2D eigenvalue weighted by molar-refractivity contribution is 5.92. The van der Waals surface area contributed by atoms with Crippen LogP contribution in [-0.2, 0) is 35.2 Å². The van der Waals surface area contributed by atoms with E-state index in [-0.39, 0.29) is 24.7 Å². The number of benzene rings is 1. The summed E-state index contributed by atoms with van der Waals surface area (Å²) in [7, 11) is 1.39. The van der Waals surface area contributed by atoms with Crippen LogP contribution in [0.2, 0.25) is 0 Å². The number of fused-ring (bicyclic) bond motifs is 1. The zero-order valence-corrected chi connectivity index (χ0v) is 27.2. The summed E-state index contributed by atoms with van der Waals surface area (Å²) in [5.74, 6) is -0.766. The third-order valence-corrected chi connectivity index (χ3v) is 9.77. The van der Waals surface area contributed by atoms with Crippen LogP contribution in [0.5, 0.6) is 0 Å². The van der Waals surface area contributed by atoms with Gasteiger partial charge in [-0.3, -0.25) is 14.4 Å². The molecule has 1 saturated carbocycles. The molecule has 244 valence electrons. The molecule has 0 spiro atoms. The minimum absolute atomic E-state index is 0.0565. The molecular weight excluding hydrogens is 556 g/mol. The van der Waals surface area contributed by atoms with E-state index in [0.29, 0.717) is 37.9 Å². The van der Waals surface area contributed by atoms with E-state index in [1.165, 1.54) is 45.6 Å². The highest BCUT2D eigenvalue weighted by Crippen LogP contribution is 2.50. The molecular formula is C36H54N2O6. The van der Waals surface area contributed by atoms with Gasteiger partial charge in [-0.25, -0.2) is 0 Å². The lowest BCUT2D eigenvalue weighted by molar-refractivity contribution is -0.178. The van der Waals surface area contributed by atoms with E-state index < -0.39 is 29.5 Å². The van der Waals surface area contributed by atoms with Crippen LogP contribution in [-0.4, -0.2) is 61.7 Å². The van der Waals surface area contributed by atoms with Crippen LogP contribution in [0.1, 0.15) is 103 Å². The van der Waals surface area contributed by atoms with Crippen molar-refractivity contribution in [3.8, 4) is 0 Å². The van der Waals surface area contributed by atoms with Crippen LogP contribution in [0.4, 0.5) is 0 Å². The van der Waals surface area contributed by atoms with Crippen LogP contribution in [0, 0.1) is 17.3 Å². The van der Waals surface area contributed by atoms with Gasteiger partial charge in [0.25, 0.3) is 0 Å². The van der Waals surface area contributed by atoms with Gasteiger partial charge in [-0.05, 0) is 50.2 Å². The second-order valence-electron chi connectivity index (χ2n) is 13.0. The van der Waals surface area contributed by atoms with E-state index >= 15 is 0 Å². The Morgan fingerprint density at radius 2 is 1.77 bits per heavy atom. The zero-order chi connectivity index (χ0) is 31.4. The number of likely N-dealkylation sites (tertiary alicyclic amines) is 1. The SMILES string of the molecule is CCCCCCCCN1C(=O)[C@@H](CC(=O)NCC2CCCCC2)C[C@@]2(C(=O)OC)C1=C[C@H](COCc1ccccc1)O[C@@H]2C. The summed E-state index contributed by atoms with van der Waals surface area (Å²) in [6, 6.07) is 9.95. The first-order chi connectivity index (χ1) is 21.4. The predicted molar refractivity (Wildman–Crippen MR) is 170 cm³/mol. The largest absolute Gasteiger partial charge is 0.468 e. The first-order valence-electron chi connectivity index (χ1n) is 17.0. The number of carbonyl (C=O) groups is 3. The van der Waals surface area contributed by atoms with Gasteiger partial charge in [-0.15, -0.1) is 0 Å². The summed E-state index contributed by atoms with van der Waals surface area (Å²) in [5.41, 5.74) is 0.540. The van der Waals surface area contributed by atoms with Gasteiger partial charge in [-0.1, -0.05) is 88.6 Å². The summed E-state index contributed by atoms with van der Waals surface area (Å²) in [4.78, 5) is 42.8. The smallest absolute Gasteiger partial charge is 0.320 e. The van der Waals surface area contributed by atoms with Gasteiger partial charge in [0.1, 0.15) is 11.5 Å². The molecule has 0 unspecified atom stereocenters. The van der Waals surface area contributed by atoms with Crippen molar-refractivity contribution in [2.45, 2.75) is 116 Å². The van der Waals surface area contributed by atoms with E-state index in [2.05, 4.69) is 12.2 Å². The lowest BCUT2D eigenvalue weighted by Crippen LogP contribution is -2.60. The Morgan fingerprint density at radius 3 is 2.50 bits per heavy atom. The summed E-state index contributed by atoms with van der Waals surface area (Å²) in [5, 5.41) is 3.10. The number of rotatable bonds is 16. The van der Waals surface area contributed by atoms with Crippen molar-refractivity contribution in [1.29, 1.82) is 0 Å². The molecule has 4 rings (SSSR count). The lowest BCUT2D eigenvalue weighted by Gasteiger charge is -2.51. The van der Waals surface area contributed by atoms with Crippen LogP contribution >= 0.6 is 0 Å². The lowest BCUT2D eigenvalue weighted by atomic mass is 9.66. The number of ether oxygens (including phenoxy) is 3. The molecule has 4 atom stereocenters. The molecule has 1 aromatic rings. The fourth-order valence-electron chi connectivity index (χ4n) is 7.24. The van der Waals surface area contributed by atoms with Gasteiger partial charge < -0.3 is 24.4 Å². The first kappa shape index (κ1) is 34.2. The maximum Gasteiger partial charge on any atom is 0.320 e. The molecule has 44 heavy (non-hydrogen) atoms. The Morgan fingerprint density at radius 1 is 1.05 bits per heavy atom. The van der Waals surface area contributed by atoms with Crippen LogP contribution in [0.25, 0.3) is 0 Å². The molecule has 8 nitrogen and oxygen atoms in total. The molecule has 1 aromatic carbocycles. The van der Waals surface area contributed by atoms with Crippen molar-refractivity contribution in [2.75, 3.05) is 26.8 Å². The minimum Gasteiger partial charge on any atom is -0.468 e. The van der Waals surface area contributed by atoms with Gasteiger partial charge >= 0.3 is 5.97 Å². The number of hydrogen-bond acceptors (Lipinski definition) is 6. The second kappa shape index (κ2) is 17.1. The number of carbonyl (C=O) groups excluding carboxylic acids is 3. The van der Waals surface area contributed by atoms with Crippen molar-refractivity contribution >= 4 is 17.8 Å². The molecule has 0 aromatic heterocycles. The minimum atomic E-state index is -1.17. The number of hydrogen-bond donors (Lipinski definition) is 1. The summed E-state index contributed by atoms with van der Waals surface area (Å²) in [6.07, 6.45) is 13.6. The van der Waals surface area contributed by atoms with Crippen molar-refractivity contribution in [2.24, 2.45) is 17.3 Å². The predicted octanol–water partition coefficient (Wildman–Crippen LogP) is 6.33. The molecule has 1 N–H and O–H groups in total. The van der Waals surface area contributed by atoms with Gasteiger partial charge in [0.15, 0.2) is 0 Å². The summed E-state index contributed by atoms with van der Waals surface area (Å²) in [6.45, 7) is 5.97. The standard InChI is InChI=1S/C36H54N2O6/c1-4-5-6-7-8-15-20-38-32-22-31(26-43-25-29-18-13-10-14-19-29)44-27(2)36(32,35(41)42-3)23-30(34(38)40)21-33(39)37-24-28-16-11-9-12-17-28/h10,13-14,18-19,22,27-28,30-31H,4-9,11-12,15-17,20-21,23-26H2,1-3H3,(H,37,39)/t27-,30+,31-,36+/m1/s1. The molecule has 0 bridgehead atoms. The Kier molecular flexibility index (Phi) is 13.3. The maximum atomic E-state index is 14.1. The quantitative estimate of drug-likeness (QED) is 0.174. The molecule has 2 heterocycles. The molecule has 1 aliphatic carbocycles. The highest BCUT2D eigenvalue weighted by Gasteiger charge is 2.59. The Hall–Kier alpha value is -2.71. The van der Waals surface area contributed by atoms with Crippen LogP contribution in [0.15, 0.2) is 42.1 Å². The third kappa shape index (κ3) is 8.72. The van der Waals surface area contributed by atoms with Crippen molar-refractivity contribution in [1.82, 2.24) is 10.2 Å². The zero-order valence-electron chi connectivity index (χ0n) is 27.2. The Labute approximate surface area is 264 Å². The highest BCUT2D eigenvalue weighted by atomic mass is 16.5. The van der Waals surface area contributed by atoms with Gasteiger partial charge in [0.05, 0.1) is 26.4 Å². The number of amides is 2. The van der Waals surface area contributed by atoms with E-state index in [0.717, 1.165) is 37.7 Å². The van der Waals surface area contributed by atoms with Gasteiger partial charge in [0.2, 0.25) is 11.8 Å². The molecule has 3 aliphatic rings. The van der Waals surface area contributed by atoms with Crippen LogP contribution in [0.3, 0.4) is 0 Å². The van der Waals surface area contributed by atoms with Gasteiger partial charge in [0, 0.05) is 31.1 Å². The summed E-state index contributed by atoms with van der Waals surface area (Å²) < 4.78 is 17.8. The summed E-state index contributed by atoms with van der Waals surface area (Å²) >= 11 is 0. The molecule has 2 aliphatic heterocycles. The number of nitrogens with zero attached hydrogens (tertiary/aromatic N) is 1. The first-order valence-corrected chi connectivity index (χ1v) is 17.0. The number of methoxy groups -OCH3 is 1. The molecule has 2 amide bonds. The van der Waals surface area contributed by atoms with Crippen molar-refractivity contribution in [3.63, 3.8) is 0 Å². The number of unbranched alkanes of at least 4 members (excludes halogenated alkanes) is 5. The van der Waals surface area contributed by atoms with E-state index in [4.69, 9.17) is 14.2 Å². The Bertz CT molecular complexity index is 1100. The number of piperidine rings is 1. The molecule has 0 radical (unpaired) electrons. The van der Waals surface area contributed by atoms with E-state index in [1.807, 2.05) is 43.3 Å². The average Bonchev–Trinajstić information content (AvgIpc) is 3.04. The molecule has 8 heteroatoms. The second-order valence-corrected chi connectivity index (χ2v) is 13.0. The number of esters is 1. The monoisotopic (exact) mass is 610 g/mol. The fraction of sp³-hybridized carbons (Fsp3) is 0.694. The van der Waals surface area contributed by atoms with Gasteiger partial charge in [-0.2, -0.15) is 0 Å². The van der Waals surface area contributed by atoms with Crippen molar-refractivity contribution < 1.29 is 28.6 Å². The third-order valence-electron chi connectivity index (χ3n) is 9.77. The topological polar surface area (TPSA) is 94.2 Å². The normalized spacial score (nSPS) is 25.7. The fourth-order valence-corrected chi connectivity index (χ4v) is 7.24. The molecule has 2 fully saturated rings.